The third-order valence-corrected chi connectivity index (χ3v) is 14.2. The number of nitrogens with one attached hydrogen (secondary N) is 2. The van der Waals surface area contributed by atoms with E-state index < -0.39 is 0 Å². The van der Waals surface area contributed by atoms with Gasteiger partial charge < -0.3 is 53.5 Å². The molecule has 0 amide bonds. The Labute approximate surface area is 402 Å². The largest absolute Gasteiger partial charge is 0.494 e. The highest BCUT2D eigenvalue weighted by Crippen LogP contribution is 2.54. The third kappa shape index (κ3) is 16.7. The maximum absolute atomic E-state index is 6.53. The number of fused-ring (bicyclic) bond motifs is 3. The van der Waals surface area contributed by atoms with Gasteiger partial charge >= 0.3 is 7.12 Å². The van der Waals surface area contributed by atoms with Crippen molar-refractivity contribution in [2.45, 2.75) is 103 Å². The summed E-state index contributed by atoms with van der Waals surface area (Å²) in [5.74, 6) is 0. The van der Waals surface area contributed by atoms with Gasteiger partial charge in [0.1, 0.15) is 0 Å². The highest BCUT2D eigenvalue weighted by Gasteiger charge is 2.52. The molecule has 66 heavy (non-hydrogen) atoms. The number of rotatable bonds is 37. The van der Waals surface area contributed by atoms with E-state index in [2.05, 4.69) is 114 Å². The number of benzene rings is 2. The predicted octanol–water partition coefficient (Wildman–Crippen LogP) is 2.62. The normalized spacial score (nSPS) is 16.3. The average Bonchev–Trinajstić information content (AvgIpc) is 3.68. The highest BCUT2D eigenvalue weighted by molar-refractivity contribution is 6.62. The Morgan fingerprint density at radius 1 is 0.545 bits per heavy atom. The van der Waals surface area contributed by atoms with Crippen LogP contribution in [0.1, 0.15) is 103 Å². The molecule has 15 heteroatoms. The second-order valence-corrected chi connectivity index (χ2v) is 19.7. The number of nitrogens with two attached hydrogens (primary N) is 5. The topological polar surface area (TPSA) is 198 Å². The van der Waals surface area contributed by atoms with Crippen molar-refractivity contribution < 1.29 is 9.31 Å². The standard InChI is InChI=1S/C51H95BN12O2/c1-7-16-51(17-8-2)47-40-43(12-14-45(47)46-15-13-44(41-48(46)51)52-65-49(3,4)50(5,6)66-52)42-60-27-35-63(31-22-57)38-36-61(28-11-9-10-18-53)37-39-64(33-24-58-23-19-54)34-26-59-25-32-62(29-20-55)30-21-56/h12-15,40-42,58-59H,7-11,16-39,53-57H2,1-6H3. The molecule has 0 atom stereocenters. The van der Waals surface area contributed by atoms with Crippen LogP contribution < -0.4 is 44.8 Å². The van der Waals surface area contributed by atoms with Gasteiger partial charge in [-0.3, -0.25) is 19.7 Å². The Morgan fingerprint density at radius 3 is 1.58 bits per heavy atom. The van der Waals surface area contributed by atoms with Crippen LogP contribution >= 0.6 is 0 Å². The Balaban J connectivity index is 1.39. The molecule has 2 aliphatic rings. The Kier molecular flexibility index (Phi) is 25.3. The minimum absolute atomic E-state index is 0.0570. The molecule has 374 valence electrons. The first-order valence-corrected chi connectivity index (χ1v) is 25.9. The number of aliphatic imine (C=N–C) groups is 1. The average molecular weight is 919 g/mol. The number of nitrogens with zero attached hydrogens (tertiary/aromatic N) is 5. The van der Waals surface area contributed by atoms with Crippen molar-refractivity contribution in [1.29, 1.82) is 0 Å². The van der Waals surface area contributed by atoms with E-state index in [1.54, 1.807) is 0 Å². The summed E-state index contributed by atoms with van der Waals surface area (Å²) in [6, 6.07) is 13.9. The van der Waals surface area contributed by atoms with Crippen LogP contribution in [0.5, 0.6) is 0 Å². The van der Waals surface area contributed by atoms with Crippen molar-refractivity contribution in [3.63, 3.8) is 0 Å². The van der Waals surface area contributed by atoms with Crippen LogP contribution in [0.25, 0.3) is 11.1 Å². The monoisotopic (exact) mass is 919 g/mol. The van der Waals surface area contributed by atoms with Crippen molar-refractivity contribution in [2.24, 2.45) is 33.7 Å². The Hall–Kier alpha value is -2.35. The quantitative estimate of drug-likeness (QED) is 0.0297. The van der Waals surface area contributed by atoms with Crippen molar-refractivity contribution in [1.82, 2.24) is 30.2 Å². The van der Waals surface area contributed by atoms with Crippen molar-refractivity contribution in [3.8, 4) is 11.1 Å². The van der Waals surface area contributed by atoms with Crippen molar-refractivity contribution >= 4 is 18.8 Å². The van der Waals surface area contributed by atoms with E-state index in [9.17, 15) is 0 Å². The molecule has 1 saturated heterocycles. The Bertz CT molecular complexity index is 1650. The molecular weight excluding hydrogens is 823 g/mol. The number of unbranched alkanes of at least 4 members (excludes halogenated alkanes) is 2. The molecule has 1 fully saturated rings. The third-order valence-electron chi connectivity index (χ3n) is 14.2. The molecule has 0 saturated carbocycles. The lowest BCUT2D eigenvalue weighted by molar-refractivity contribution is 0.00578. The zero-order chi connectivity index (χ0) is 47.8. The van der Waals surface area contributed by atoms with Gasteiger partial charge in [-0.2, -0.15) is 0 Å². The van der Waals surface area contributed by atoms with Gasteiger partial charge in [0, 0.05) is 136 Å². The summed E-state index contributed by atoms with van der Waals surface area (Å²) in [6.07, 6.45) is 9.88. The van der Waals surface area contributed by atoms with Crippen LogP contribution in [0.3, 0.4) is 0 Å². The van der Waals surface area contributed by atoms with Gasteiger partial charge in [-0.25, -0.2) is 0 Å². The lowest BCUT2D eigenvalue weighted by atomic mass is 9.69. The first-order chi connectivity index (χ1) is 31.9. The summed E-state index contributed by atoms with van der Waals surface area (Å²) in [6.45, 7) is 32.4. The summed E-state index contributed by atoms with van der Waals surface area (Å²) in [4.78, 5) is 15.1. The summed E-state index contributed by atoms with van der Waals surface area (Å²) < 4.78 is 13.1. The van der Waals surface area contributed by atoms with E-state index in [1.165, 1.54) is 22.3 Å². The minimum atomic E-state index is -0.382. The first kappa shape index (κ1) is 56.2. The molecule has 0 radical (unpaired) electrons. The van der Waals surface area contributed by atoms with Gasteiger partial charge in [-0.1, -0.05) is 63.4 Å². The van der Waals surface area contributed by atoms with E-state index in [0.717, 1.165) is 174 Å². The maximum Gasteiger partial charge on any atom is 0.494 e. The van der Waals surface area contributed by atoms with Crippen LogP contribution in [0.2, 0.25) is 0 Å². The molecule has 2 aromatic carbocycles. The zero-order valence-corrected chi connectivity index (χ0v) is 42.6. The molecular formula is C51H95BN12O2. The van der Waals surface area contributed by atoms with E-state index in [4.69, 9.17) is 43.0 Å². The molecule has 4 rings (SSSR count). The van der Waals surface area contributed by atoms with Crippen molar-refractivity contribution in [3.05, 3.63) is 53.1 Å². The van der Waals surface area contributed by atoms with Crippen LogP contribution in [0.4, 0.5) is 0 Å². The van der Waals surface area contributed by atoms with Gasteiger partial charge in [0.25, 0.3) is 0 Å². The lowest BCUT2D eigenvalue weighted by Crippen LogP contribution is -2.45. The summed E-state index contributed by atoms with van der Waals surface area (Å²) in [5.41, 5.74) is 36.5. The van der Waals surface area contributed by atoms with E-state index in [0.29, 0.717) is 26.2 Å². The second-order valence-electron chi connectivity index (χ2n) is 19.7. The number of hydrogen-bond acceptors (Lipinski definition) is 14. The van der Waals surface area contributed by atoms with E-state index in [1.807, 2.05) is 0 Å². The van der Waals surface area contributed by atoms with Gasteiger partial charge in [0.05, 0.1) is 17.7 Å². The van der Waals surface area contributed by atoms with Gasteiger partial charge in [0.15, 0.2) is 0 Å². The van der Waals surface area contributed by atoms with E-state index in [-0.39, 0.29) is 23.7 Å². The maximum atomic E-state index is 6.53. The summed E-state index contributed by atoms with van der Waals surface area (Å²) >= 11 is 0. The Morgan fingerprint density at radius 2 is 1.05 bits per heavy atom. The molecule has 0 aromatic heterocycles. The molecule has 0 bridgehead atoms. The molecule has 0 unspecified atom stereocenters. The predicted molar refractivity (Wildman–Crippen MR) is 281 cm³/mol. The fraction of sp³-hybridized carbons (Fsp3) is 0.745. The molecule has 1 aliphatic carbocycles. The molecule has 2 aromatic rings. The zero-order valence-electron chi connectivity index (χ0n) is 42.6. The molecule has 1 aliphatic heterocycles. The van der Waals surface area contributed by atoms with Crippen LogP contribution in [-0.4, -0.2) is 188 Å². The van der Waals surface area contributed by atoms with Crippen LogP contribution in [-0.2, 0) is 14.7 Å². The fourth-order valence-electron chi connectivity index (χ4n) is 9.80. The highest BCUT2D eigenvalue weighted by atomic mass is 16.7. The van der Waals surface area contributed by atoms with E-state index >= 15 is 0 Å². The molecule has 0 spiro atoms. The molecule has 14 nitrogen and oxygen atoms in total. The fourth-order valence-corrected chi connectivity index (χ4v) is 9.80. The second kappa shape index (κ2) is 29.6. The van der Waals surface area contributed by atoms with Gasteiger partial charge in [-0.15, -0.1) is 0 Å². The van der Waals surface area contributed by atoms with Crippen molar-refractivity contribution in [2.75, 3.05) is 144 Å². The van der Waals surface area contributed by atoms with Gasteiger partial charge in [0.2, 0.25) is 0 Å². The molecule has 1 heterocycles. The number of hydrogen-bond donors (Lipinski definition) is 7. The van der Waals surface area contributed by atoms with Crippen LogP contribution in [0, 0.1) is 0 Å². The molecule has 12 N–H and O–H groups in total. The van der Waals surface area contributed by atoms with Crippen LogP contribution in [0.15, 0.2) is 41.4 Å². The first-order valence-electron chi connectivity index (χ1n) is 25.9. The SMILES string of the molecule is CCCC1(CCC)c2cc(C=NCCN(CCN)CCN(CCCCCN)CCN(CCNCCN)CCNCCN(CCN)CCN)ccc2-c2ccc(B3OC(C)(C)C(C)(C)O3)cc21. The minimum Gasteiger partial charge on any atom is -0.399 e. The summed E-state index contributed by atoms with van der Waals surface area (Å²) in [5, 5.41) is 7.16. The lowest BCUT2D eigenvalue weighted by Gasteiger charge is -2.32. The smallest absolute Gasteiger partial charge is 0.399 e. The van der Waals surface area contributed by atoms with Gasteiger partial charge in [-0.05, 0) is 106 Å². The summed E-state index contributed by atoms with van der Waals surface area (Å²) in [7, 11) is -0.379.